The van der Waals surface area contributed by atoms with Crippen molar-refractivity contribution in [3.63, 3.8) is 0 Å². The van der Waals surface area contributed by atoms with Gasteiger partial charge in [-0.2, -0.15) is 0 Å². The van der Waals surface area contributed by atoms with Crippen molar-refractivity contribution in [2.75, 3.05) is 19.8 Å². The molecule has 5 rings (SSSR count). The number of benzene rings is 1. The Morgan fingerprint density at radius 1 is 1.27 bits per heavy atom. The molecule has 220 valence electrons. The first-order valence-electron chi connectivity index (χ1n) is 14.2. The van der Waals surface area contributed by atoms with E-state index in [0.717, 1.165) is 5.52 Å². The standard InChI is InChI=1S/C30H39N5O6/c1-6-14-33(18-34-22-11-9-8-10-21(22)31-32-34)27(38)25-30-13-12-29(5,41-30)24(28(39)40-15-7-2)23(30)26(37)35(25)20(17-36)16-19(3)4/h6-11,19-20,23-25,36H,1-2,12-18H2,3-5H3/t20-,23+,24-,25?,29+,30?/m1/s1. The zero-order chi connectivity index (χ0) is 29.5. The molecule has 0 saturated carbocycles. The normalized spacial score (nSPS) is 29.1. The van der Waals surface area contributed by atoms with Gasteiger partial charge in [0, 0.05) is 6.54 Å². The van der Waals surface area contributed by atoms with Crippen LogP contribution in [-0.2, 0) is 30.5 Å². The molecular weight excluding hydrogens is 526 g/mol. The van der Waals surface area contributed by atoms with E-state index in [1.165, 1.54) is 11.0 Å². The third kappa shape index (κ3) is 4.64. The fourth-order valence-corrected chi connectivity index (χ4v) is 7.17. The molecule has 1 aromatic heterocycles. The fraction of sp³-hybridized carbons (Fsp3) is 0.567. The Bertz CT molecular complexity index is 1360. The van der Waals surface area contributed by atoms with Gasteiger partial charge < -0.3 is 24.4 Å². The molecule has 1 spiro atoms. The van der Waals surface area contributed by atoms with E-state index in [1.54, 1.807) is 15.7 Å². The maximum atomic E-state index is 14.7. The van der Waals surface area contributed by atoms with Crippen LogP contribution < -0.4 is 0 Å². The quantitative estimate of drug-likeness (QED) is 0.307. The molecule has 1 N–H and O–H groups in total. The maximum absolute atomic E-state index is 14.7. The summed E-state index contributed by atoms with van der Waals surface area (Å²) in [5.41, 5.74) is -0.747. The number of nitrogens with zero attached hydrogens (tertiary/aromatic N) is 5. The van der Waals surface area contributed by atoms with Crippen molar-refractivity contribution >= 4 is 28.8 Å². The van der Waals surface area contributed by atoms with E-state index in [0.29, 0.717) is 24.8 Å². The summed E-state index contributed by atoms with van der Waals surface area (Å²) in [5.74, 6) is -2.91. The summed E-state index contributed by atoms with van der Waals surface area (Å²) in [6.45, 7) is 13.2. The van der Waals surface area contributed by atoms with Gasteiger partial charge in [0.05, 0.1) is 29.7 Å². The van der Waals surface area contributed by atoms with Crippen molar-refractivity contribution in [1.82, 2.24) is 24.8 Å². The first kappa shape index (κ1) is 28.9. The lowest BCUT2D eigenvalue weighted by Gasteiger charge is -2.39. The highest BCUT2D eigenvalue weighted by Crippen LogP contribution is 2.63. The highest BCUT2D eigenvalue weighted by molar-refractivity contribution is 5.98. The number of fused-ring (bicyclic) bond motifs is 2. The molecule has 3 aliphatic rings. The summed E-state index contributed by atoms with van der Waals surface area (Å²) in [6.07, 6.45) is 4.49. The van der Waals surface area contributed by atoms with Gasteiger partial charge in [-0.15, -0.1) is 11.7 Å². The van der Waals surface area contributed by atoms with Crippen molar-refractivity contribution < 1.29 is 29.0 Å². The molecule has 2 aromatic rings. The summed E-state index contributed by atoms with van der Waals surface area (Å²) in [7, 11) is 0. The summed E-state index contributed by atoms with van der Waals surface area (Å²) >= 11 is 0. The highest BCUT2D eigenvalue weighted by atomic mass is 16.6. The Kier molecular flexibility index (Phi) is 7.78. The van der Waals surface area contributed by atoms with Crippen LogP contribution in [0.2, 0.25) is 0 Å². The van der Waals surface area contributed by atoms with Crippen LogP contribution >= 0.6 is 0 Å². The van der Waals surface area contributed by atoms with Crippen molar-refractivity contribution in [1.29, 1.82) is 0 Å². The van der Waals surface area contributed by atoms with E-state index >= 15 is 0 Å². The molecule has 2 unspecified atom stereocenters. The topological polar surface area (TPSA) is 127 Å². The van der Waals surface area contributed by atoms with Gasteiger partial charge in [-0.3, -0.25) is 14.4 Å². The second-order valence-electron chi connectivity index (χ2n) is 11.9. The predicted molar refractivity (Wildman–Crippen MR) is 150 cm³/mol. The van der Waals surface area contributed by atoms with Crippen LogP contribution in [0.4, 0.5) is 0 Å². The van der Waals surface area contributed by atoms with Crippen LogP contribution in [0.3, 0.4) is 0 Å². The van der Waals surface area contributed by atoms with Crippen LogP contribution in [0.1, 0.15) is 40.0 Å². The number of ether oxygens (including phenoxy) is 2. The minimum atomic E-state index is -1.24. The Morgan fingerprint density at radius 2 is 2.02 bits per heavy atom. The molecule has 3 saturated heterocycles. The van der Waals surface area contributed by atoms with Crippen molar-refractivity contribution in [2.45, 2.75) is 70.0 Å². The lowest BCUT2D eigenvalue weighted by Crippen LogP contribution is -2.59. The van der Waals surface area contributed by atoms with Crippen molar-refractivity contribution in [3.8, 4) is 0 Å². The van der Waals surface area contributed by atoms with Crippen molar-refractivity contribution in [2.24, 2.45) is 17.8 Å². The number of amides is 2. The molecule has 4 heterocycles. The number of rotatable bonds is 12. The van der Waals surface area contributed by atoms with Gasteiger partial charge in [-0.1, -0.05) is 49.9 Å². The number of likely N-dealkylation sites (tertiary alicyclic amines) is 1. The SMILES string of the molecule is C=CCOC(=O)[C@H]1[C@H]2C(=O)N([C@@H](CO)CC(C)C)C(C(=O)N(CC=C)Cn3nnc4ccccc43)C23CC[C@]1(C)O3. The molecule has 3 fully saturated rings. The smallest absolute Gasteiger partial charge is 0.313 e. The van der Waals surface area contributed by atoms with E-state index < -0.39 is 41.1 Å². The maximum Gasteiger partial charge on any atom is 0.313 e. The number of aliphatic hydroxyl groups is 1. The number of para-hydroxylation sites is 1. The Hall–Kier alpha value is -3.57. The molecule has 11 nitrogen and oxygen atoms in total. The molecule has 0 radical (unpaired) electrons. The third-order valence-corrected chi connectivity index (χ3v) is 8.78. The summed E-state index contributed by atoms with van der Waals surface area (Å²) in [4.78, 5) is 45.5. The minimum Gasteiger partial charge on any atom is -0.461 e. The highest BCUT2D eigenvalue weighted by Gasteiger charge is 2.79. The Morgan fingerprint density at radius 3 is 2.71 bits per heavy atom. The monoisotopic (exact) mass is 565 g/mol. The van der Waals surface area contributed by atoms with Gasteiger partial charge in [0.25, 0.3) is 0 Å². The average molecular weight is 566 g/mol. The van der Waals surface area contributed by atoms with Gasteiger partial charge in [-0.05, 0) is 44.2 Å². The second-order valence-corrected chi connectivity index (χ2v) is 11.9. The van der Waals surface area contributed by atoms with Crippen LogP contribution in [0.5, 0.6) is 0 Å². The van der Waals surface area contributed by atoms with E-state index in [4.69, 9.17) is 9.47 Å². The fourth-order valence-electron chi connectivity index (χ4n) is 7.17. The zero-order valence-electron chi connectivity index (χ0n) is 23.9. The van der Waals surface area contributed by atoms with E-state index in [2.05, 4.69) is 23.5 Å². The molecular formula is C30H39N5O6. The summed E-state index contributed by atoms with van der Waals surface area (Å²) in [6, 6.07) is 5.77. The number of hydrogen-bond donors (Lipinski definition) is 1. The molecule has 3 aliphatic heterocycles. The van der Waals surface area contributed by atoms with Crippen LogP contribution in [0, 0.1) is 17.8 Å². The second kappa shape index (κ2) is 11.0. The molecule has 41 heavy (non-hydrogen) atoms. The van der Waals surface area contributed by atoms with Crippen molar-refractivity contribution in [3.05, 3.63) is 49.6 Å². The number of hydrogen-bond acceptors (Lipinski definition) is 8. The summed E-state index contributed by atoms with van der Waals surface area (Å²) < 4.78 is 13.7. The lowest BCUT2D eigenvalue weighted by atomic mass is 9.66. The number of esters is 1. The van der Waals surface area contributed by atoms with E-state index in [9.17, 15) is 19.5 Å². The third-order valence-electron chi connectivity index (χ3n) is 8.78. The minimum absolute atomic E-state index is 0.0109. The largest absolute Gasteiger partial charge is 0.461 e. The van der Waals surface area contributed by atoms with Gasteiger partial charge in [-0.25, -0.2) is 4.68 Å². The molecule has 11 heteroatoms. The Balaban J connectivity index is 1.58. The van der Waals surface area contributed by atoms with Gasteiger partial charge in [0.1, 0.15) is 36.4 Å². The molecule has 2 amide bonds. The number of carbonyl (C=O) groups excluding carboxylic acids is 3. The van der Waals surface area contributed by atoms with E-state index in [-0.39, 0.29) is 44.2 Å². The lowest BCUT2D eigenvalue weighted by molar-refractivity contribution is -0.161. The van der Waals surface area contributed by atoms with Gasteiger partial charge in [0.15, 0.2) is 0 Å². The summed E-state index contributed by atoms with van der Waals surface area (Å²) in [5, 5.41) is 19.0. The van der Waals surface area contributed by atoms with Crippen LogP contribution in [0.25, 0.3) is 11.0 Å². The first-order chi connectivity index (χ1) is 19.6. The van der Waals surface area contributed by atoms with Crippen LogP contribution in [0.15, 0.2) is 49.6 Å². The number of aliphatic hydroxyl groups excluding tert-OH is 1. The molecule has 6 atom stereocenters. The predicted octanol–water partition coefficient (Wildman–Crippen LogP) is 2.30. The van der Waals surface area contributed by atoms with Crippen LogP contribution in [-0.4, -0.2) is 90.7 Å². The van der Waals surface area contributed by atoms with Gasteiger partial charge >= 0.3 is 5.97 Å². The zero-order valence-corrected chi connectivity index (χ0v) is 23.9. The first-order valence-corrected chi connectivity index (χ1v) is 14.2. The van der Waals surface area contributed by atoms with Gasteiger partial charge in [0.2, 0.25) is 11.8 Å². The number of carbonyl (C=O) groups is 3. The molecule has 1 aromatic carbocycles. The average Bonchev–Trinajstić information content (AvgIpc) is 3.65. The Labute approximate surface area is 239 Å². The van der Waals surface area contributed by atoms with E-state index in [1.807, 2.05) is 45.0 Å². The molecule has 2 bridgehead atoms. The molecule has 0 aliphatic carbocycles. The number of aromatic nitrogens is 3.